The number of aliphatic imine (C=N–C) groups is 1. The zero-order chi connectivity index (χ0) is 12.6. The van der Waals surface area contributed by atoms with Crippen LogP contribution in [0.15, 0.2) is 4.99 Å². The zero-order valence-electron chi connectivity index (χ0n) is 11.1. The van der Waals surface area contributed by atoms with E-state index in [1.807, 2.05) is 0 Å². The summed E-state index contributed by atoms with van der Waals surface area (Å²) >= 11 is 0. The van der Waals surface area contributed by atoms with Crippen molar-refractivity contribution in [1.82, 2.24) is 5.32 Å². The standard InChI is InChI=1S/C14H25N3O/c15-13(17-12-2-1-3-12)16-7-6-14(18)9-10-4-5-11(14)8-10/h10-12,18H,1-9H2,(H3,15,16,17). The summed E-state index contributed by atoms with van der Waals surface area (Å²) in [6.45, 7) is 0.658. The molecule has 4 nitrogen and oxygen atoms in total. The molecule has 0 aromatic rings. The van der Waals surface area contributed by atoms with Gasteiger partial charge in [0.25, 0.3) is 0 Å². The largest absolute Gasteiger partial charge is 0.390 e. The lowest BCUT2D eigenvalue weighted by Crippen LogP contribution is -2.44. The first-order valence-corrected chi connectivity index (χ1v) is 7.44. The van der Waals surface area contributed by atoms with Crippen LogP contribution in [0.5, 0.6) is 0 Å². The average Bonchev–Trinajstić information content (AvgIpc) is 2.83. The third-order valence-corrected chi connectivity index (χ3v) is 5.23. The first-order valence-electron chi connectivity index (χ1n) is 7.44. The number of nitrogens with one attached hydrogen (secondary N) is 1. The molecule has 3 saturated carbocycles. The molecule has 0 amide bonds. The van der Waals surface area contributed by atoms with Crippen molar-refractivity contribution in [1.29, 1.82) is 0 Å². The van der Waals surface area contributed by atoms with Gasteiger partial charge in [-0.2, -0.15) is 0 Å². The second-order valence-electron chi connectivity index (χ2n) is 6.47. The summed E-state index contributed by atoms with van der Waals surface area (Å²) in [7, 11) is 0. The molecule has 3 fully saturated rings. The summed E-state index contributed by atoms with van der Waals surface area (Å²) < 4.78 is 0. The molecule has 0 heterocycles. The molecule has 18 heavy (non-hydrogen) atoms. The quantitative estimate of drug-likeness (QED) is 0.522. The third kappa shape index (κ3) is 2.35. The Morgan fingerprint density at radius 1 is 1.33 bits per heavy atom. The maximum absolute atomic E-state index is 10.6. The number of fused-ring (bicyclic) bond motifs is 2. The highest BCUT2D eigenvalue weighted by atomic mass is 16.3. The molecule has 0 radical (unpaired) electrons. The lowest BCUT2D eigenvalue weighted by atomic mass is 9.82. The van der Waals surface area contributed by atoms with Crippen LogP contribution in [0, 0.1) is 11.8 Å². The van der Waals surface area contributed by atoms with E-state index in [0.717, 1.165) is 18.8 Å². The van der Waals surface area contributed by atoms with Crippen molar-refractivity contribution in [2.24, 2.45) is 22.6 Å². The Kier molecular flexibility index (Phi) is 3.22. The van der Waals surface area contributed by atoms with E-state index in [1.54, 1.807) is 0 Å². The fraction of sp³-hybridized carbons (Fsp3) is 0.929. The second kappa shape index (κ2) is 4.72. The summed E-state index contributed by atoms with van der Waals surface area (Å²) in [5.41, 5.74) is 5.40. The highest BCUT2D eigenvalue weighted by Crippen LogP contribution is 2.52. The molecule has 4 N–H and O–H groups in total. The maximum atomic E-state index is 10.6. The Bertz CT molecular complexity index is 340. The summed E-state index contributed by atoms with van der Waals surface area (Å²) in [6, 6.07) is 0.541. The van der Waals surface area contributed by atoms with Gasteiger partial charge in [0.15, 0.2) is 5.96 Å². The van der Waals surface area contributed by atoms with Crippen molar-refractivity contribution in [2.45, 2.75) is 63.0 Å². The predicted octanol–water partition coefficient (Wildman–Crippen LogP) is 1.38. The molecule has 3 unspecified atom stereocenters. The Morgan fingerprint density at radius 3 is 2.72 bits per heavy atom. The van der Waals surface area contributed by atoms with Crippen LogP contribution in [0.2, 0.25) is 0 Å². The second-order valence-corrected chi connectivity index (χ2v) is 6.47. The van der Waals surface area contributed by atoms with E-state index in [0.29, 0.717) is 24.5 Å². The number of guanidine groups is 1. The van der Waals surface area contributed by atoms with E-state index in [9.17, 15) is 5.11 Å². The maximum Gasteiger partial charge on any atom is 0.188 e. The molecule has 102 valence electrons. The Hall–Kier alpha value is -0.770. The topological polar surface area (TPSA) is 70.6 Å². The van der Waals surface area contributed by atoms with Gasteiger partial charge in [-0.25, -0.2) is 0 Å². The molecule has 3 aliphatic carbocycles. The van der Waals surface area contributed by atoms with E-state index in [2.05, 4.69) is 10.3 Å². The molecule has 2 bridgehead atoms. The Labute approximate surface area is 109 Å². The van der Waals surface area contributed by atoms with Crippen LogP contribution < -0.4 is 11.1 Å². The zero-order valence-corrected chi connectivity index (χ0v) is 11.1. The van der Waals surface area contributed by atoms with Gasteiger partial charge in [0.05, 0.1) is 5.60 Å². The van der Waals surface area contributed by atoms with Gasteiger partial charge in [0.2, 0.25) is 0 Å². The van der Waals surface area contributed by atoms with Gasteiger partial charge < -0.3 is 16.2 Å². The Balaban J connectivity index is 1.44. The van der Waals surface area contributed by atoms with Gasteiger partial charge in [-0.05, 0) is 63.2 Å². The van der Waals surface area contributed by atoms with Crippen LogP contribution in [-0.4, -0.2) is 29.3 Å². The minimum absolute atomic E-state index is 0.441. The summed E-state index contributed by atoms with van der Waals surface area (Å²) in [6.07, 6.45) is 9.25. The summed E-state index contributed by atoms with van der Waals surface area (Å²) in [5, 5.41) is 13.8. The molecule has 0 aliphatic heterocycles. The molecule has 0 saturated heterocycles. The van der Waals surface area contributed by atoms with Gasteiger partial charge in [-0.1, -0.05) is 0 Å². The van der Waals surface area contributed by atoms with Crippen molar-refractivity contribution < 1.29 is 5.11 Å². The number of nitrogens with zero attached hydrogens (tertiary/aromatic N) is 1. The van der Waals surface area contributed by atoms with E-state index < -0.39 is 5.60 Å². The number of nitrogens with two attached hydrogens (primary N) is 1. The first-order chi connectivity index (χ1) is 8.66. The van der Waals surface area contributed by atoms with Gasteiger partial charge in [-0.3, -0.25) is 4.99 Å². The monoisotopic (exact) mass is 251 g/mol. The van der Waals surface area contributed by atoms with Crippen LogP contribution in [0.25, 0.3) is 0 Å². The highest BCUT2D eigenvalue weighted by molar-refractivity contribution is 5.78. The number of hydrogen-bond acceptors (Lipinski definition) is 2. The molecular weight excluding hydrogens is 226 g/mol. The van der Waals surface area contributed by atoms with Gasteiger partial charge in [0, 0.05) is 12.6 Å². The number of hydrogen-bond donors (Lipinski definition) is 3. The fourth-order valence-corrected chi connectivity index (χ4v) is 3.90. The van der Waals surface area contributed by atoms with E-state index in [4.69, 9.17) is 5.73 Å². The van der Waals surface area contributed by atoms with Crippen molar-refractivity contribution >= 4 is 5.96 Å². The molecule has 4 heteroatoms. The lowest BCUT2D eigenvalue weighted by molar-refractivity contribution is -0.0181. The lowest BCUT2D eigenvalue weighted by Gasteiger charge is -2.32. The van der Waals surface area contributed by atoms with Gasteiger partial charge in [0.1, 0.15) is 0 Å². The molecule has 3 aliphatic rings. The SMILES string of the molecule is NC(=NCCC1(O)CC2CCC1C2)NC1CCC1. The van der Waals surface area contributed by atoms with Crippen LogP contribution in [-0.2, 0) is 0 Å². The van der Waals surface area contributed by atoms with Gasteiger partial charge >= 0.3 is 0 Å². The number of aliphatic hydroxyl groups is 1. The van der Waals surface area contributed by atoms with Crippen LogP contribution in [0.4, 0.5) is 0 Å². The predicted molar refractivity (Wildman–Crippen MR) is 72.3 cm³/mol. The van der Waals surface area contributed by atoms with E-state index in [-0.39, 0.29) is 0 Å². The average molecular weight is 251 g/mol. The molecule has 3 atom stereocenters. The first kappa shape index (κ1) is 12.3. The minimum Gasteiger partial charge on any atom is -0.390 e. The van der Waals surface area contributed by atoms with Crippen molar-refractivity contribution in [3.8, 4) is 0 Å². The third-order valence-electron chi connectivity index (χ3n) is 5.23. The molecule has 3 rings (SSSR count). The van der Waals surface area contributed by atoms with Gasteiger partial charge in [-0.15, -0.1) is 0 Å². The number of rotatable bonds is 4. The van der Waals surface area contributed by atoms with Crippen LogP contribution >= 0.6 is 0 Å². The normalized spacial score (nSPS) is 39.9. The van der Waals surface area contributed by atoms with Crippen LogP contribution in [0.1, 0.15) is 51.4 Å². The molecule has 0 aromatic carbocycles. The molecule has 0 spiro atoms. The summed E-state index contributed by atoms with van der Waals surface area (Å²) in [4.78, 5) is 4.36. The molecular formula is C14H25N3O. The highest BCUT2D eigenvalue weighted by Gasteiger charge is 2.49. The van der Waals surface area contributed by atoms with Crippen molar-refractivity contribution in [3.05, 3.63) is 0 Å². The van der Waals surface area contributed by atoms with Crippen molar-refractivity contribution in [3.63, 3.8) is 0 Å². The Morgan fingerprint density at radius 2 is 2.17 bits per heavy atom. The smallest absolute Gasteiger partial charge is 0.188 e. The van der Waals surface area contributed by atoms with E-state index in [1.165, 1.54) is 38.5 Å². The van der Waals surface area contributed by atoms with Crippen LogP contribution in [0.3, 0.4) is 0 Å². The summed E-state index contributed by atoms with van der Waals surface area (Å²) in [5.74, 6) is 1.86. The fourth-order valence-electron chi connectivity index (χ4n) is 3.90. The van der Waals surface area contributed by atoms with Crippen molar-refractivity contribution in [2.75, 3.05) is 6.54 Å². The molecule has 0 aromatic heterocycles. The minimum atomic E-state index is -0.441. The van der Waals surface area contributed by atoms with E-state index >= 15 is 0 Å².